The number of benzene rings is 1. The molecule has 0 aliphatic carbocycles. The molecule has 0 amide bonds. The van der Waals surface area contributed by atoms with E-state index in [4.69, 9.17) is 17.5 Å². The van der Waals surface area contributed by atoms with Gasteiger partial charge in [0.15, 0.2) is 0 Å². The molecule has 1 aliphatic heterocycles. The summed E-state index contributed by atoms with van der Waals surface area (Å²) in [6.07, 6.45) is 2.12. The van der Waals surface area contributed by atoms with Gasteiger partial charge in [0.05, 0.1) is 4.92 Å². The summed E-state index contributed by atoms with van der Waals surface area (Å²) in [7, 11) is -4.67. The highest BCUT2D eigenvalue weighted by Crippen LogP contribution is 2.26. The van der Waals surface area contributed by atoms with Crippen LogP contribution in [0.5, 0.6) is 0 Å². The summed E-state index contributed by atoms with van der Waals surface area (Å²) < 4.78 is 31.6. The molecule has 3 N–H and O–H groups in total. The smallest absolute Gasteiger partial charge is 0.385 e. The van der Waals surface area contributed by atoms with Gasteiger partial charge in [0.25, 0.3) is 5.69 Å². The summed E-state index contributed by atoms with van der Waals surface area (Å²) in [6, 6.07) is 5.00. The van der Waals surface area contributed by atoms with Gasteiger partial charge in [-0.1, -0.05) is 6.07 Å². The summed E-state index contributed by atoms with van der Waals surface area (Å²) in [4.78, 5) is 10.1. The maximum atomic E-state index is 10.5. The van der Waals surface area contributed by atoms with Crippen LogP contribution in [-0.4, -0.2) is 29.0 Å². The molecular weight excluding hydrogens is 264 g/mol. The van der Waals surface area contributed by atoms with Gasteiger partial charge in [-0.25, -0.2) is 0 Å². The second-order valence-corrected chi connectivity index (χ2v) is 4.47. The molecule has 0 unspecified atom stereocenters. The molecule has 100 valence electrons. The van der Waals surface area contributed by atoms with Gasteiger partial charge in [-0.05, 0) is 18.4 Å². The van der Waals surface area contributed by atoms with Crippen LogP contribution in [0.1, 0.15) is 12.0 Å². The fourth-order valence-corrected chi connectivity index (χ4v) is 1.56. The second-order valence-electron chi connectivity index (χ2n) is 3.58. The van der Waals surface area contributed by atoms with Crippen molar-refractivity contribution in [3.05, 3.63) is 33.9 Å². The lowest BCUT2D eigenvalue weighted by Gasteiger charge is -2.16. The van der Waals surface area contributed by atoms with E-state index in [0.29, 0.717) is 0 Å². The van der Waals surface area contributed by atoms with E-state index >= 15 is 0 Å². The molecule has 9 heteroatoms. The Morgan fingerprint density at radius 3 is 2.50 bits per heavy atom. The van der Waals surface area contributed by atoms with E-state index in [0.717, 1.165) is 25.1 Å². The Morgan fingerprint density at radius 1 is 1.33 bits per heavy atom. The number of nitro groups is 1. The highest BCUT2D eigenvalue weighted by atomic mass is 32.3. The van der Waals surface area contributed by atoms with Crippen LogP contribution in [0.25, 0.3) is 0 Å². The maximum absolute atomic E-state index is 10.5. The lowest BCUT2D eigenvalue weighted by Crippen LogP contribution is -2.11. The fourth-order valence-electron chi connectivity index (χ4n) is 1.56. The van der Waals surface area contributed by atoms with E-state index in [1.54, 1.807) is 12.1 Å². The van der Waals surface area contributed by atoms with Crippen molar-refractivity contribution in [1.29, 1.82) is 0 Å². The number of nitrogens with one attached hydrogen (secondary N) is 1. The monoisotopic (exact) mass is 276 g/mol. The average Bonchev–Trinajstić information content (AvgIpc) is 2.26. The van der Waals surface area contributed by atoms with Gasteiger partial charge in [-0.3, -0.25) is 19.2 Å². The van der Waals surface area contributed by atoms with Gasteiger partial charge in [-0.15, -0.1) is 0 Å². The van der Waals surface area contributed by atoms with E-state index in [1.165, 1.54) is 5.56 Å². The molecule has 1 aromatic carbocycles. The number of non-ortho nitro benzene ring substituents is 1. The normalized spacial score (nSPS) is 13.7. The van der Waals surface area contributed by atoms with Gasteiger partial charge >= 0.3 is 10.4 Å². The molecule has 0 spiro atoms. The Morgan fingerprint density at radius 2 is 1.94 bits per heavy atom. The van der Waals surface area contributed by atoms with Crippen molar-refractivity contribution in [2.75, 3.05) is 11.9 Å². The minimum Gasteiger partial charge on any atom is -0.385 e. The second kappa shape index (κ2) is 5.76. The fraction of sp³-hybridized carbons (Fsp3) is 0.333. The zero-order valence-electron chi connectivity index (χ0n) is 9.24. The molecule has 2 rings (SSSR count). The van der Waals surface area contributed by atoms with Crippen molar-refractivity contribution in [3.63, 3.8) is 0 Å². The first-order valence-corrected chi connectivity index (χ1v) is 6.38. The summed E-state index contributed by atoms with van der Waals surface area (Å²) in [6.45, 7) is 0.911. The highest BCUT2D eigenvalue weighted by Gasteiger charge is 2.12. The van der Waals surface area contributed by atoms with Gasteiger partial charge in [0.2, 0.25) is 0 Å². The predicted molar refractivity (Wildman–Crippen MR) is 64.1 cm³/mol. The van der Waals surface area contributed by atoms with Crippen LogP contribution in [0.4, 0.5) is 11.4 Å². The molecule has 0 atom stereocenters. The SMILES string of the molecule is O=S(=O)(O)O.O=[N+]([O-])c1ccc2c(c1)NCCC2. The molecular formula is C9H12N2O6S. The Balaban J connectivity index is 0.000000280. The van der Waals surface area contributed by atoms with Crippen LogP contribution >= 0.6 is 0 Å². The lowest BCUT2D eigenvalue weighted by molar-refractivity contribution is -0.384. The standard InChI is InChI=1S/C9H10N2O2.H2O4S/c12-11(13)8-4-3-7-2-1-5-10-9(7)6-8;1-5(2,3)4/h3-4,6,10H,1-2,5H2;(H2,1,2,3,4). The first-order valence-electron chi connectivity index (χ1n) is 4.98. The summed E-state index contributed by atoms with van der Waals surface area (Å²) in [5.41, 5.74) is 2.26. The number of anilines is 1. The first-order chi connectivity index (χ1) is 8.27. The van der Waals surface area contributed by atoms with E-state index in [2.05, 4.69) is 5.32 Å². The third-order valence-corrected chi connectivity index (χ3v) is 2.24. The summed E-state index contributed by atoms with van der Waals surface area (Å²) in [5.74, 6) is 0. The molecule has 0 saturated heterocycles. The van der Waals surface area contributed by atoms with Crippen LogP contribution < -0.4 is 5.32 Å². The Bertz CT molecular complexity index is 534. The van der Waals surface area contributed by atoms with Crippen molar-refractivity contribution in [2.45, 2.75) is 12.8 Å². The number of nitrogens with zero attached hydrogens (tertiary/aromatic N) is 1. The number of hydrogen-bond acceptors (Lipinski definition) is 5. The van der Waals surface area contributed by atoms with E-state index in [1.807, 2.05) is 6.07 Å². The summed E-state index contributed by atoms with van der Waals surface area (Å²) in [5, 5.41) is 13.6. The van der Waals surface area contributed by atoms with Crippen LogP contribution in [0.2, 0.25) is 0 Å². The molecule has 18 heavy (non-hydrogen) atoms. The Labute approximate surface area is 103 Å². The molecule has 0 saturated carbocycles. The first kappa shape index (κ1) is 14.4. The van der Waals surface area contributed by atoms with E-state index < -0.39 is 10.4 Å². The quantitative estimate of drug-likeness (QED) is 0.400. The molecule has 1 aliphatic rings. The highest BCUT2D eigenvalue weighted by molar-refractivity contribution is 7.79. The van der Waals surface area contributed by atoms with Crippen LogP contribution in [0.3, 0.4) is 0 Å². The molecule has 0 radical (unpaired) electrons. The number of aryl methyl sites for hydroxylation is 1. The van der Waals surface area contributed by atoms with E-state index in [-0.39, 0.29) is 10.6 Å². The molecule has 0 fully saturated rings. The van der Waals surface area contributed by atoms with Crippen molar-refractivity contribution >= 4 is 21.8 Å². The van der Waals surface area contributed by atoms with E-state index in [9.17, 15) is 10.1 Å². The maximum Gasteiger partial charge on any atom is 0.394 e. The number of fused-ring (bicyclic) bond motifs is 1. The number of hydrogen-bond donors (Lipinski definition) is 3. The van der Waals surface area contributed by atoms with Gasteiger partial charge in [0, 0.05) is 24.4 Å². The zero-order chi connectivity index (χ0) is 13.8. The third-order valence-electron chi connectivity index (χ3n) is 2.24. The number of nitro benzene ring substituents is 1. The topological polar surface area (TPSA) is 130 Å². The summed E-state index contributed by atoms with van der Waals surface area (Å²) >= 11 is 0. The van der Waals surface area contributed by atoms with Gasteiger partial charge in [0.1, 0.15) is 0 Å². The molecule has 0 bridgehead atoms. The number of rotatable bonds is 1. The lowest BCUT2D eigenvalue weighted by atomic mass is 10.0. The minimum absolute atomic E-state index is 0.160. The largest absolute Gasteiger partial charge is 0.394 e. The average molecular weight is 276 g/mol. The molecule has 1 aromatic rings. The Kier molecular flexibility index (Phi) is 4.59. The van der Waals surface area contributed by atoms with Crippen molar-refractivity contribution < 1.29 is 22.4 Å². The Hall–Kier alpha value is -1.71. The predicted octanol–water partition coefficient (Wildman–Crippen LogP) is 1.30. The van der Waals surface area contributed by atoms with Crippen LogP contribution in [0, 0.1) is 10.1 Å². The minimum atomic E-state index is -4.67. The molecule has 8 nitrogen and oxygen atoms in total. The van der Waals surface area contributed by atoms with Crippen LogP contribution in [0.15, 0.2) is 18.2 Å². The van der Waals surface area contributed by atoms with Gasteiger partial charge < -0.3 is 5.32 Å². The van der Waals surface area contributed by atoms with Crippen molar-refractivity contribution in [2.24, 2.45) is 0 Å². The van der Waals surface area contributed by atoms with Crippen molar-refractivity contribution in [1.82, 2.24) is 0 Å². The van der Waals surface area contributed by atoms with Gasteiger partial charge in [-0.2, -0.15) is 8.42 Å². The third kappa shape index (κ3) is 5.08. The van der Waals surface area contributed by atoms with Crippen molar-refractivity contribution in [3.8, 4) is 0 Å². The molecule has 0 aromatic heterocycles. The zero-order valence-corrected chi connectivity index (χ0v) is 10.1. The molecule has 1 heterocycles. The van der Waals surface area contributed by atoms with Crippen LogP contribution in [-0.2, 0) is 16.8 Å².